The maximum Gasteiger partial charge on any atom is 0.252 e. The Balaban J connectivity index is 1.34. The molecule has 4 saturated carbocycles. The van der Waals surface area contributed by atoms with Gasteiger partial charge in [0.05, 0.1) is 0 Å². The number of amides is 1. The van der Waals surface area contributed by atoms with Crippen molar-refractivity contribution in [3.05, 3.63) is 22.4 Å². The average Bonchev–Trinajstić information content (AvgIpc) is 2.90. The summed E-state index contributed by atoms with van der Waals surface area (Å²) in [6.07, 6.45) is 10.0. The monoisotopic (exact) mass is 289 g/mol. The van der Waals surface area contributed by atoms with Crippen molar-refractivity contribution in [1.29, 1.82) is 0 Å². The van der Waals surface area contributed by atoms with Gasteiger partial charge in [-0.2, -0.15) is 11.3 Å². The molecule has 20 heavy (non-hydrogen) atoms. The molecule has 1 aromatic rings. The second-order valence-electron chi connectivity index (χ2n) is 7.44. The van der Waals surface area contributed by atoms with E-state index in [1.165, 1.54) is 44.9 Å². The summed E-state index contributed by atoms with van der Waals surface area (Å²) in [5.74, 6) is 3.13. The van der Waals surface area contributed by atoms with Crippen LogP contribution in [0.3, 0.4) is 0 Å². The zero-order chi connectivity index (χ0) is 13.6. The summed E-state index contributed by atoms with van der Waals surface area (Å²) in [4.78, 5) is 12.0. The minimum Gasteiger partial charge on any atom is -0.352 e. The lowest BCUT2D eigenvalue weighted by Gasteiger charge is -2.57. The third-order valence-electron chi connectivity index (χ3n) is 5.89. The van der Waals surface area contributed by atoms with Crippen molar-refractivity contribution in [3.8, 4) is 0 Å². The highest BCUT2D eigenvalue weighted by molar-refractivity contribution is 7.08. The van der Waals surface area contributed by atoms with E-state index in [4.69, 9.17) is 0 Å². The van der Waals surface area contributed by atoms with Gasteiger partial charge in [0, 0.05) is 17.5 Å². The highest BCUT2D eigenvalue weighted by atomic mass is 32.1. The maximum absolute atomic E-state index is 12.0. The molecule has 4 bridgehead atoms. The smallest absolute Gasteiger partial charge is 0.252 e. The molecule has 1 aromatic heterocycles. The first kappa shape index (κ1) is 12.9. The van der Waals surface area contributed by atoms with Crippen LogP contribution < -0.4 is 5.32 Å². The van der Waals surface area contributed by atoms with Crippen molar-refractivity contribution in [3.63, 3.8) is 0 Å². The quantitative estimate of drug-likeness (QED) is 0.889. The molecule has 0 spiro atoms. The summed E-state index contributed by atoms with van der Waals surface area (Å²) < 4.78 is 0. The SMILES string of the molecule is O=C(NCCC12CC3CC(CC(C3)C1)C2)c1ccsc1. The molecule has 0 saturated heterocycles. The number of carbonyl (C=O) groups excluding carboxylic acids is 1. The molecule has 0 aromatic carbocycles. The Kier molecular flexibility index (Phi) is 3.13. The van der Waals surface area contributed by atoms with E-state index >= 15 is 0 Å². The Morgan fingerprint density at radius 2 is 1.85 bits per heavy atom. The van der Waals surface area contributed by atoms with E-state index in [0.717, 1.165) is 29.9 Å². The third kappa shape index (κ3) is 2.30. The van der Waals surface area contributed by atoms with Crippen molar-refractivity contribution in [1.82, 2.24) is 5.32 Å². The Bertz CT molecular complexity index is 458. The van der Waals surface area contributed by atoms with Crippen LogP contribution in [-0.4, -0.2) is 12.5 Å². The Morgan fingerprint density at radius 3 is 2.40 bits per heavy atom. The fraction of sp³-hybridized carbons (Fsp3) is 0.706. The number of nitrogens with one attached hydrogen (secondary N) is 1. The molecule has 4 aliphatic rings. The molecule has 0 radical (unpaired) electrons. The summed E-state index contributed by atoms with van der Waals surface area (Å²) in [5, 5.41) is 7.02. The van der Waals surface area contributed by atoms with E-state index in [1.54, 1.807) is 11.3 Å². The lowest BCUT2D eigenvalue weighted by atomic mass is 9.49. The predicted molar refractivity (Wildman–Crippen MR) is 81.9 cm³/mol. The van der Waals surface area contributed by atoms with Crippen molar-refractivity contribution < 1.29 is 4.79 Å². The van der Waals surface area contributed by atoms with Gasteiger partial charge in [0.1, 0.15) is 0 Å². The summed E-state index contributed by atoms with van der Waals surface area (Å²) in [6, 6.07) is 1.91. The van der Waals surface area contributed by atoms with E-state index in [9.17, 15) is 4.79 Å². The van der Waals surface area contributed by atoms with Gasteiger partial charge >= 0.3 is 0 Å². The molecular weight excluding hydrogens is 266 g/mol. The second kappa shape index (κ2) is 4.87. The number of thiophene rings is 1. The van der Waals surface area contributed by atoms with E-state index in [0.29, 0.717) is 5.41 Å². The van der Waals surface area contributed by atoms with Crippen molar-refractivity contribution >= 4 is 17.2 Å². The number of hydrogen-bond acceptors (Lipinski definition) is 2. The van der Waals surface area contributed by atoms with Gasteiger partial charge in [0.2, 0.25) is 0 Å². The van der Waals surface area contributed by atoms with Crippen LogP contribution in [0, 0.1) is 23.2 Å². The van der Waals surface area contributed by atoms with Crippen molar-refractivity contribution in [2.45, 2.75) is 44.9 Å². The van der Waals surface area contributed by atoms with E-state index in [2.05, 4.69) is 5.32 Å². The summed E-state index contributed by atoms with van der Waals surface area (Å²) in [5.41, 5.74) is 1.40. The molecular formula is C17H23NOS. The van der Waals surface area contributed by atoms with Gasteiger partial charge < -0.3 is 5.32 Å². The van der Waals surface area contributed by atoms with Gasteiger partial charge in [0.15, 0.2) is 0 Å². The van der Waals surface area contributed by atoms with Gasteiger partial charge in [-0.3, -0.25) is 4.79 Å². The van der Waals surface area contributed by atoms with Gasteiger partial charge in [-0.1, -0.05) is 0 Å². The molecule has 4 aliphatic carbocycles. The lowest BCUT2D eigenvalue weighted by molar-refractivity contribution is -0.0564. The summed E-state index contributed by atoms with van der Waals surface area (Å²) in [7, 11) is 0. The van der Waals surface area contributed by atoms with Gasteiger partial charge in [-0.15, -0.1) is 0 Å². The number of rotatable bonds is 4. The molecule has 4 fully saturated rings. The van der Waals surface area contributed by atoms with Crippen LogP contribution in [0.2, 0.25) is 0 Å². The van der Waals surface area contributed by atoms with Gasteiger partial charge in [-0.25, -0.2) is 0 Å². The highest BCUT2D eigenvalue weighted by Crippen LogP contribution is 2.61. The first-order valence-corrected chi connectivity index (χ1v) is 8.97. The molecule has 1 amide bonds. The van der Waals surface area contributed by atoms with Gasteiger partial charge in [-0.05, 0) is 79.6 Å². The fourth-order valence-corrected chi connectivity index (χ4v) is 6.17. The minimum atomic E-state index is 0.107. The molecule has 108 valence electrons. The predicted octanol–water partition coefficient (Wildman–Crippen LogP) is 4.08. The fourth-order valence-electron chi connectivity index (χ4n) is 5.53. The summed E-state index contributed by atoms with van der Waals surface area (Å²) >= 11 is 1.59. The molecule has 1 N–H and O–H groups in total. The highest BCUT2D eigenvalue weighted by Gasteiger charge is 2.50. The molecule has 2 nitrogen and oxygen atoms in total. The topological polar surface area (TPSA) is 29.1 Å². The van der Waals surface area contributed by atoms with E-state index in [-0.39, 0.29) is 5.91 Å². The van der Waals surface area contributed by atoms with E-state index in [1.807, 2.05) is 16.8 Å². The average molecular weight is 289 g/mol. The molecule has 0 unspecified atom stereocenters. The molecule has 3 heteroatoms. The Labute approximate surface area is 125 Å². The third-order valence-corrected chi connectivity index (χ3v) is 6.57. The first-order valence-electron chi connectivity index (χ1n) is 8.03. The summed E-state index contributed by atoms with van der Waals surface area (Å²) in [6.45, 7) is 0.862. The zero-order valence-corrected chi connectivity index (χ0v) is 12.8. The lowest BCUT2D eigenvalue weighted by Crippen LogP contribution is -2.47. The first-order chi connectivity index (χ1) is 9.72. The van der Waals surface area contributed by atoms with Crippen molar-refractivity contribution in [2.75, 3.05) is 6.54 Å². The van der Waals surface area contributed by atoms with Gasteiger partial charge in [0.25, 0.3) is 5.91 Å². The van der Waals surface area contributed by atoms with Crippen LogP contribution in [-0.2, 0) is 0 Å². The minimum absolute atomic E-state index is 0.107. The molecule has 0 aliphatic heterocycles. The molecule has 0 atom stereocenters. The Hall–Kier alpha value is -0.830. The van der Waals surface area contributed by atoms with Crippen molar-refractivity contribution in [2.24, 2.45) is 23.2 Å². The van der Waals surface area contributed by atoms with Crippen LogP contribution >= 0.6 is 11.3 Å². The number of carbonyl (C=O) groups is 1. The van der Waals surface area contributed by atoms with Crippen LogP contribution in [0.4, 0.5) is 0 Å². The molecule has 5 rings (SSSR count). The largest absolute Gasteiger partial charge is 0.352 e. The number of hydrogen-bond donors (Lipinski definition) is 1. The second-order valence-corrected chi connectivity index (χ2v) is 8.22. The normalized spacial score (nSPS) is 38.1. The Morgan fingerprint density at radius 1 is 1.20 bits per heavy atom. The van der Waals surface area contributed by atoms with E-state index < -0.39 is 0 Å². The van der Waals surface area contributed by atoms with Crippen LogP contribution in [0.1, 0.15) is 55.3 Å². The van der Waals surface area contributed by atoms with Crippen LogP contribution in [0.25, 0.3) is 0 Å². The maximum atomic E-state index is 12.0. The standard InChI is InChI=1S/C17H23NOS/c19-16(15-1-4-20-11-15)18-3-2-17-8-12-5-13(9-17)7-14(6-12)10-17/h1,4,11-14H,2-3,5-10H2,(H,18,19). The zero-order valence-electron chi connectivity index (χ0n) is 11.9. The van der Waals surface area contributed by atoms with Crippen LogP contribution in [0.15, 0.2) is 16.8 Å². The van der Waals surface area contributed by atoms with Crippen LogP contribution in [0.5, 0.6) is 0 Å². The molecule has 1 heterocycles.